The summed E-state index contributed by atoms with van der Waals surface area (Å²) in [5, 5.41) is 3.06. The monoisotopic (exact) mass is 417 g/mol. The van der Waals surface area contributed by atoms with Crippen LogP contribution in [0.25, 0.3) is 11.1 Å². The zero-order valence-corrected chi connectivity index (χ0v) is 17.0. The molecule has 1 amide bonds. The first-order chi connectivity index (χ1) is 15.3. The van der Waals surface area contributed by atoms with Crippen molar-refractivity contribution in [3.05, 3.63) is 72.2 Å². The number of rotatable bonds is 6. The topological polar surface area (TPSA) is 82.6 Å². The van der Waals surface area contributed by atoms with Crippen molar-refractivity contribution in [2.24, 2.45) is 0 Å². The van der Waals surface area contributed by atoms with Crippen molar-refractivity contribution in [1.82, 2.24) is 15.3 Å². The van der Waals surface area contributed by atoms with Crippen LogP contribution >= 0.6 is 0 Å². The molecule has 0 radical (unpaired) electrons. The van der Waals surface area contributed by atoms with Crippen LogP contribution in [-0.2, 0) is 11.2 Å². The molecule has 1 N–H and O–H groups in total. The molecule has 7 heteroatoms. The lowest BCUT2D eigenvalue weighted by molar-refractivity contribution is -0.0727. The molecule has 2 aliphatic heterocycles. The van der Waals surface area contributed by atoms with Crippen molar-refractivity contribution < 1.29 is 19.0 Å². The van der Waals surface area contributed by atoms with Crippen LogP contribution in [0.1, 0.15) is 22.3 Å². The standard InChI is InChI=1S/C24H23N3O4/c28-24(17-6-7-23(26-13-17)31-15-19-8-10-29-19)27-18-11-21-20(16-3-2-9-25-12-16)4-1-5-22(21)30-14-18/h1-7,9,12-13,18-19H,8,10-11,14-15H2,(H,27,28)/t18-,19?/m0/s1. The number of aromatic nitrogens is 2. The number of ether oxygens (including phenoxy) is 3. The zero-order chi connectivity index (χ0) is 21.0. The number of nitrogens with one attached hydrogen (secondary N) is 1. The van der Waals surface area contributed by atoms with Gasteiger partial charge in [-0.05, 0) is 23.8 Å². The Labute approximate surface area is 180 Å². The predicted octanol–water partition coefficient (Wildman–Crippen LogP) is 3.04. The summed E-state index contributed by atoms with van der Waals surface area (Å²) in [6, 6.07) is 13.2. The Morgan fingerprint density at radius 2 is 2.10 bits per heavy atom. The third-order valence-electron chi connectivity index (χ3n) is 5.54. The van der Waals surface area contributed by atoms with Crippen LogP contribution in [0.4, 0.5) is 0 Å². The fourth-order valence-electron chi connectivity index (χ4n) is 3.76. The lowest BCUT2D eigenvalue weighted by atomic mass is 9.93. The Kier molecular flexibility index (Phi) is 5.50. The summed E-state index contributed by atoms with van der Waals surface area (Å²) in [5.41, 5.74) is 3.66. The van der Waals surface area contributed by atoms with E-state index in [0.29, 0.717) is 31.1 Å². The van der Waals surface area contributed by atoms with E-state index >= 15 is 0 Å². The van der Waals surface area contributed by atoms with Crippen LogP contribution in [0.3, 0.4) is 0 Å². The van der Waals surface area contributed by atoms with Gasteiger partial charge in [0.2, 0.25) is 5.88 Å². The Balaban J connectivity index is 1.24. The van der Waals surface area contributed by atoms with E-state index < -0.39 is 0 Å². The van der Waals surface area contributed by atoms with Crippen molar-refractivity contribution in [3.63, 3.8) is 0 Å². The Morgan fingerprint density at radius 3 is 2.84 bits per heavy atom. The molecule has 0 bridgehead atoms. The van der Waals surface area contributed by atoms with Gasteiger partial charge in [-0.15, -0.1) is 0 Å². The summed E-state index contributed by atoms with van der Waals surface area (Å²) in [6.45, 7) is 1.70. The molecule has 7 nitrogen and oxygen atoms in total. The molecule has 4 heterocycles. The maximum Gasteiger partial charge on any atom is 0.253 e. The van der Waals surface area contributed by atoms with Gasteiger partial charge in [0.1, 0.15) is 19.0 Å². The molecule has 1 fully saturated rings. The third kappa shape index (κ3) is 4.36. The SMILES string of the molecule is O=C(N[C@@H]1COc2cccc(-c3cccnc3)c2C1)c1ccc(OCC2CCO2)nc1. The van der Waals surface area contributed by atoms with Gasteiger partial charge in [0.15, 0.2) is 0 Å². The summed E-state index contributed by atoms with van der Waals surface area (Å²) in [7, 11) is 0. The molecule has 0 spiro atoms. The fourth-order valence-corrected chi connectivity index (χ4v) is 3.76. The molecule has 1 aromatic carbocycles. The maximum absolute atomic E-state index is 12.7. The van der Waals surface area contributed by atoms with Gasteiger partial charge in [-0.25, -0.2) is 4.98 Å². The summed E-state index contributed by atoms with van der Waals surface area (Å²) in [6.07, 6.45) is 6.96. The second kappa shape index (κ2) is 8.73. The third-order valence-corrected chi connectivity index (χ3v) is 5.54. The number of pyridine rings is 2. The first kappa shape index (κ1) is 19.5. The molecule has 5 rings (SSSR count). The van der Waals surface area contributed by atoms with Crippen LogP contribution in [0.15, 0.2) is 61.1 Å². The van der Waals surface area contributed by atoms with E-state index in [1.54, 1.807) is 18.3 Å². The largest absolute Gasteiger partial charge is 0.491 e. The average Bonchev–Trinajstić information content (AvgIpc) is 2.78. The molecule has 158 valence electrons. The number of hydrogen-bond acceptors (Lipinski definition) is 6. The minimum atomic E-state index is -0.183. The van der Waals surface area contributed by atoms with E-state index in [2.05, 4.69) is 21.4 Å². The van der Waals surface area contributed by atoms with Gasteiger partial charge in [0, 0.05) is 55.2 Å². The molecule has 0 aliphatic carbocycles. The first-order valence-corrected chi connectivity index (χ1v) is 10.4. The maximum atomic E-state index is 12.7. The van der Waals surface area contributed by atoms with Gasteiger partial charge in [-0.2, -0.15) is 0 Å². The highest BCUT2D eigenvalue weighted by molar-refractivity contribution is 5.94. The lowest BCUT2D eigenvalue weighted by Gasteiger charge is -2.28. The lowest BCUT2D eigenvalue weighted by Crippen LogP contribution is -2.42. The van der Waals surface area contributed by atoms with Gasteiger partial charge in [-0.1, -0.05) is 18.2 Å². The van der Waals surface area contributed by atoms with E-state index in [1.807, 2.05) is 30.5 Å². The molecule has 1 unspecified atom stereocenters. The summed E-state index contributed by atoms with van der Waals surface area (Å²) in [5.74, 6) is 1.16. The summed E-state index contributed by atoms with van der Waals surface area (Å²) < 4.78 is 16.9. The first-order valence-electron chi connectivity index (χ1n) is 10.4. The van der Waals surface area contributed by atoms with Crippen molar-refractivity contribution in [1.29, 1.82) is 0 Å². The van der Waals surface area contributed by atoms with E-state index in [0.717, 1.165) is 35.5 Å². The molecule has 2 aromatic heterocycles. The fraction of sp³-hybridized carbons (Fsp3) is 0.292. The van der Waals surface area contributed by atoms with Crippen molar-refractivity contribution >= 4 is 5.91 Å². The van der Waals surface area contributed by atoms with Crippen molar-refractivity contribution in [3.8, 4) is 22.8 Å². The van der Waals surface area contributed by atoms with Crippen LogP contribution in [0.2, 0.25) is 0 Å². The van der Waals surface area contributed by atoms with Gasteiger partial charge >= 0.3 is 0 Å². The molecule has 1 saturated heterocycles. The van der Waals surface area contributed by atoms with Crippen molar-refractivity contribution in [2.45, 2.75) is 25.0 Å². The normalized spacial score (nSPS) is 19.5. The number of fused-ring (bicyclic) bond motifs is 1. The van der Waals surface area contributed by atoms with Gasteiger partial charge in [-0.3, -0.25) is 9.78 Å². The molecule has 2 atom stereocenters. The second-order valence-corrected chi connectivity index (χ2v) is 7.69. The van der Waals surface area contributed by atoms with Crippen LogP contribution in [0.5, 0.6) is 11.6 Å². The predicted molar refractivity (Wildman–Crippen MR) is 114 cm³/mol. The summed E-state index contributed by atoms with van der Waals surface area (Å²) >= 11 is 0. The molecule has 0 saturated carbocycles. The number of hydrogen-bond donors (Lipinski definition) is 1. The van der Waals surface area contributed by atoms with Crippen LogP contribution < -0.4 is 14.8 Å². The van der Waals surface area contributed by atoms with E-state index in [-0.39, 0.29) is 18.1 Å². The number of amides is 1. The second-order valence-electron chi connectivity index (χ2n) is 7.69. The quantitative estimate of drug-likeness (QED) is 0.664. The Bertz CT molecular complexity index is 1050. The number of carbonyl (C=O) groups excluding carboxylic acids is 1. The molecule has 31 heavy (non-hydrogen) atoms. The average molecular weight is 417 g/mol. The highest BCUT2D eigenvalue weighted by atomic mass is 16.5. The minimum Gasteiger partial charge on any atom is -0.491 e. The number of carbonyl (C=O) groups is 1. The highest BCUT2D eigenvalue weighted by Crippen LogP contribution is 2.34. The van der Waals surface area contributed by atoms with Gasteiger partial charge in [0.25, 0.3) is 5.91 Å². The number of benzene rings is 1. The van der Waals surface area contributed by atoms with E-state index in [9.17, 15) is 4.79 Å². The minimum absolute atomic E-state index is 0.135. The van der Waals surface area contributed by atoms with E-state index in [4.69, 9.17) is 14.2 Å². The molecule has 3 aromatic rings. The molecule has 2 aliphatic rings. The van der Waals surface area contributed by atoms with Crippen LogP contribution in [0, 0.1) is 0 Å². The highest BCUT2D eigenvalue weighted by Gasteiger charge is 2.25. The molecular weight excluding hydrogens is 394 g/mol. The molecular formula is C24H23N3O4. The van der Waals surface area contributed by atoms with Crippen LogP contribution in [-0.4, -0.2) is 47.8 Å². The smallest absolute Gasteiger partial charge is 0.253 e. The Hall–Kier alpha value is -3.45. The van der Waals surface area contributed by atoms with Gasteiger partial charge < -0.3 is 19.5 Å². The summed E-state index contributed by atoms with van der Waals surface area (Å²) in [4.78, 5) is 21.2. The Morgan fingerprint density at radius 1 is 1.16 bits per heavy atom. The van der Waals surface area contributed by atoms with E-state index in [1.165, 1.54) is 6.20 Å². The zero-order valence-electron chi connectivity index (χ0n) is 17.0. The van der Waals surface area contributed by atoms with Gasteiger partial charge in [0.05, 0.1) is 17.7 Å². The number of nitrogens with zero attached hydrogens (tertiary/aromatic N) is 2. The van der Waals surface area contributed by atoms with Crippen molar-refractivity contribution in [2.75, 3.05) is 19.8 Å².